The van der Waals surface area contributed by atoms with Crippen LogP contribution in [0.15, 0.2) is 36.9 Å². The van der Waals surface area contributed by atoms with Crippen LogP contribution in [0.5, 0.6) is 0 Å². The fourth-order valence-electron chi connectivity index (χ4n) is 3.95. The number of hydrogen-bond donors (Lipinski definition) is 2. The molecule has 2 aromatic heterocycles. The van der Waals surface area contributed by atoms with Gasteiger partial charge in [0.15, 0.2) is 0 Å². The van der Waals surface area contributed by atoms with Gasteiger partial charge in [-0.25, -0.2) is 4.79 Å². The van der Waals surface area contributed by atoms with Crippen molar-refractivity contribution in [1.29, 1.82) is 0 Å². The van der Waals surface area contributed by atoms with Crippen molar-refractivity contribution < 1.29 is 14.4 Å². The average molecular weight is 396 g/mol. The molecule has 9 heteroatoms. The third-order valence-electron chi connectivity index (χ3n) is 5.69. The second kappa shape index (κ2) is 7.65. The van der Waals surface area contributed by atoms with Crippen LogP contribution >= 0.6 is 0 Å². The van der Waals surface area contributed by atoms with E-state index in [0.717, 1.165) is 23.3 Å². The molecule has 1 saturated carbocycles. The maximum atomic E-state index is 12.8. The van der Waals surface area contributed by atoms with E-state index < -0.39 is 17.5 Å². The number of nitrogens with zero attached hydrogens (tertiary/aromatic N) is 4. The molecule has 2 aromatic rings. The minimum absolute atomic E-state index is 0.294. The van der Waals surface area contributed by atoms with Gasteiger partial charge in [-0.05, 0) is 49.3 Å². The molecule has 29 heavy (non-hydrogen) atoms. The smallest absolute Gasteiger partial charge is 0.323 e. The second-order valence-corrected chi connectivity index (χ2v) is 7.92. The summed E-state index contributed by atoms with van der Waals surface area (Å²) >= 11 is 0. The van der Waals surface area contributed by atoms with Crippen molar-refractivity contribution >= 4 is 23.5 Å². The monoisotopic (exact) mass is 396 g/mol. The fourth-order valence-corrected chi connectivity index (χ4v) is 3.95. The van der Waals surface area contributed by atoms with E-state index >= 15 is 0 Å². The average Bonchev–Trinajstić information content (AvgIpc) is 3.23. The number of carbonyl (C=O) groups excluding carboxylic acids is 3. The summed E-state index contributed by atoms with van der Waals surface area (Å²) < 4.78 is 1.69. The minimum atomic E-state index is -0.834. The van der Waals surface area contributed by atoms with Crippen LogP contribution in [0.2, 0.25) is 0 Å². The summed E-state index contributed by atoms with van der Waals surface area (Å²) in [6.07, 6.45) is 9.69. The number of carbonyl (C=O) groups is 3. The zero-order valence-electron chi connectivity index (χ0n) is 16.3. The van der Waals surface area contributed by atoms with E-state index in [-0.39, 0.29) is 12.5 Å². The summed E-state index contributed by atoms with van der Waals surface area (Å²) in [4.78, 5) is 42.6. The largest absolute Gasteiger partial charge is 0.325 e. The highest BCUT2D eigenvalue weighted by Gasteiger charge is 2.52. The lowest BCUT2D eigenvalue weighted by molar-refractivity contribution is -0.135. The predicted octanol–water partition coefficient (Wildman–Crippen LogP) is 1.77. The van der Waals surface area contributed by atoms with Crippen molar-refractivity contribution in [1.82, 2.24) is 25.0 Å². The van der Waals surface area contributed by atoms with Crippen LogP contribution in [-0.2, 0) is 16.1 Å². The maximum Gasteiger partial charge on any atom is 0.325 e. The molecule has 1 aliphatic heterocycles. The number of urea groups is 1. The Morgan fingerprint density at radius 1 is 1.28 bits per heavy atom. The van der Waals surface area contributed by atoms with Gasteiger partial charge in [-0.2, -0.15) is 5.10 Å². The van der Waals surface area contributed by atoms with Gasteiger partial charge in [0.05, 0.1) is 18.4 Å². The number of rotatable bonds is 5. The number of nitrogens with one attached hydrogen (secondary N) is 2. The highest BCUT2D eigenvalue weighted by Crippen LogP contribution is 2.36. The Labute approximate surface area is 168 Å². The molecule has 0 atom stereocenters. The Morgan fingerprint density at radius 3 is 2.72 bits per heavy atom. The van der Waals surface area contributed by atoms with Crippen molar-refractivity contribution in [3.05, 3.63) is 42.5 Å². The van der Waals surface area contributed by atoms with Gasteiger partial charge in [0.2, 0.25) is 5.91 Å². The van der Waals surface area contributed by atoms with E-state index in [9.17, 15) is 14.4 Å². The van der Waals surface area contributed by atoms with Gasteiger partial charge in [-0.1, -0.05) is 6.92 Å². The summed E-state index contributed by atoms with van der Waals surface area (Å²) in [7, 11) is 0. The molecule has 0 aromatic carbocycles. The first kappa shape index (κ1) is 19.1. The Hall–Kier alpha value is -3.23. The lowest BCUT2D eigenvalue weighted by atomic mass is 9.77. The summed E-state index contributed by atoms with van der Waals surface area (Å²) in [5.74, 6) is -0.178. The van der Waals surface area contributed by atoms with E-state index in [4.69, 9.17) is 0 Å². The minimum Gasteiger partial charge on any atom is -0.323 e. The summed E-state index contributed by atoms with van der Waals surface area (Å²) in [6.45, 7) is 2.39. The molecule has 1 spiro atoms. The predicted molar refractivity (Wildman–Crippen MR) is 105 cm³/mol. The van der Waals surface area contributed by atoms with Crippen molar-refractivity contribution in [2.24, 2.45) is 5.92 Å². The molecule has 0 radical (unpaired) electrons. The topological polar surface area (TPSA) is 109 Å². The Kier molecular flexibility index (Phi) is 5.04. The van der Waals surface area contributed by atoms with E-state index in [2.05, 4.69) is 27.6 Å². The van der Waals surface area contributed by atoms with Gasteiger partial charge in [-0.3, -0.25) is 24.2 Å². The molecule has 2 aliphatic rings. The van der Waals surface area contributed by atoms with Crippen LogP contribution in [0, 0.1) is 5.92 Å². The molecule has 9 nitrogen and oxygen atoms in total. The molecular weight excluding hydrogens is 372 g/mol. The van der Waals surface area contributed by atoms with Gasteiger partial charge in [0.1, 0.15) is 12.1 Å². The van der Waals surface area contributed by atoms with Crippen LogP contribution in [-0.4, -0.2) is 49.6 Å². The number of imide groups is 1. The quantitative estimate of drug-likeness (QED) is 0.749. The molecule has 3 heterocycles. The SMILES string of the molecule is CC1CCC2(CC1)NC(=O)N(CC(=O)Nc1cnn(Cc3ccncc3)c1)C2=O. The molecule has 0 unspecified atom stereocenters. The van der Waals surface area contributed by atoms with Crippen molar-refractivity contribution in [3.63, 3.8) is 0 Å². The maximum absolute atomic E-state index is 12.8. The fraction of sp³-hybridized carbons (Fsp3) is 0.450. The number of hydrogen-bond acceptors (Lipinski definition) is 5. The van der Waals surface area contributed by atoms with E-state index in [1.54, 1.807) is 23.3 Å². The van der Waals surface area contributed by atoms with Gasteiger partial charge in [0.25, 0.3) is 5.91 Å². The number of anilines is 1. The van der Waals surface area contributed by atoms with Crippen LogP contribution in [0.25, 0.3) is 0 Å². The summed E-state index contributed by atoms with van der Waals surface area (Å²) in [5, 5.41) is 9.76. The zero-order valence-corrected chi connectivity index (χ0v) is 16.3. The molecule has 4 amide bonds. The first-order valence-corrected chi connectivity index (χ1v) is 9.80. The highest BCUT2D eigenvalue weighted by atomic mass is 16.2. The second-order valence-electron chi connectivity index (χ2n) is 7.92. The van der Waals surface area contributed by atoms with E-state index in [1.807, 2.05) is 12.1 Å². The molecule has 1 saturated heterocycles. The van der Waals surface area contributed by atoms with Crippen molar-refractivity contribution in [2.45, 2.75) is 44.7 Å². The number of pyridine rings is 1. The Bertz CT molecular complexity index is 917. The van der Waals surface area contributed by atoms with Gasteiger partial charge in [-0.15, -0.1) is 0 Å². The zero-order chi connectivity index (χ0) is 20.4. The van der Waals surface area contributed by atoms with Crippen LogP contribution < -0.4 is 10.6 Å². The molecule has 4 rings (SSSR count). The normalized spacial score (nSPS) is 24.0. The molecular formula is C20H24N6O3. The van der Waals surface area contributed by atoms with Crippen molar-refractivity contribution in [2.75, 3.05) is 11.9 Å². The van der Waals surface area contributed by atoms with Gasteiger partial charge >= 0.3 is 6.03 Å². The van der Waals surface area contributed by atoms with Crippen LogP contribution in [0.3, 0.4) is 0 Å². The third kappa shape index (κ3) is 3.98. The van der Waals surface area contributed by atoms with E-state index in [0.29, 0.717) is 31.0 Å². The molecule has 0 bridgehead atoms. The van der Waals surface area contributed by atoms with Crippen LogP contribution in [0.4, 0.5) is 10.5 Å². The molecule has 2 fully saturated rings. The number of aromatic nitrogens is 3. The standard InChI is InChI=1S/C20H24N6O3/c1-14-2-6-20(7-3-14)18(28)26(19(29)24-20)13-17(27)23-16-10-22-25(12-16)11-15-4-8-21-9-5-15/h4-5,8-10,12,14H,2-3,6-7,11,13H2,1H3,(H,23,27)(H,24,29). The van der Waals surface area contributed by atoms with E-state index in [1.165, 1.54) is 6.20 Å². The van der Waals surface area contributed by atoms with Gasteiger partial charge in [0, 0.05) is 18.6 Å². The lowest BCUT2D eigenvalue weighted by Gasteiger charge is -2.33. The molecule has 1 aliphatic carbocycles. The number of amides is 4. The first-order valence-electron chi connectivity index (χ1n) is 9.80. The summed E-state index contributed by atoms with van der Waals surface area (Å²) in [6, 6.07) is 3.28. The Morgan fingerprint density at radius 2 is 2.00 bits per heavy atom. The highest BCUT2D eigenvalue weighted by molar-refractivity contribution is 6.10. The van der Waals surface area contributed by atoms with Gasteiger partial charge < -0.3 is 10.6 Å². The Balaban J connectivity index is 1.35. The third-order valence-corrected chi connectivity index (χ3v) is 5.69. The first-order chi connectivity index (χ1) is 13.9. The molecule has 2 N–H and O–H groups in total. The molecule has 152 valence electrons. The van der Waals surface area contributed by atoms with Crippen molar-refractivity contribution in [3.8, 4) is 0 Å². The lowest BCUT2D eigenvalue weighted by Crippen LogP contribution is -2.49. The summed E-state index contributed by atoms with van der Waals surface area (Å²) in [5.41, 5.74) is 0.712. The van der Waals surface area contributed by atoms with Crippen LogP contribution in [0.1, 0.15) is 38.2 Å².